The Morgan fingerprint density at radius 3 is 2.86 bits per heavy atom. The van der Waals surface area contributed by atoms with E-state index in [1.54, 1.807) is 12.1 Å². The highest BCUT2D eigenvalue weighted by Crippen LogP contribution is 2.30. The number of carbonyl (C=O) groups excluding carboxylic acids is 1. The van der Waals surface area contributed by atoms with Gasteiger partial charge < -0.3 is 9.88 Å². The molecule has 0 bridgehead atoms. The molecule has 1 amide bonds. The summed E-state index contributed by atoms with van der Waals surface area (Å²) in [4.78, 5) is 12.3. The molecule has 0 aliphatic carbocycles. The second kappa shape index (κ2) is 6.25. The zero-order valence-electron chi connectivity index (χ0n) is 12.6. The van der Waals surface area contributed by atoms with Crippen molar-refractivity contribution in [3.05, 3.63) is 35.9 Å². The Hall–Kier alpha value is -2.24. The van der Waals surface area contributed by atoms with Gasteiger partial charge in [-0.15, -0.1) is 10.2 Å². The van der Waals surface area contributed by atoms with Gasteiger partial charge in [-0.05, 0) is 43.5 Å². The van der Waals surface area contributed by atoms with Crippen LogP contribution in [0.4, 0.5) is 4.39 Å². The van der Waals surface area contributed by atoms with Gasteiger partial charge in [0.05, 0.1) is 5.92 Å². The molecule has 1 N–H and O–H groups in total. The van der Waals surface area contributed by atoms with E-state index in [4.69, 9.17) is 0 Å². The van der Waals surface area contributed by atoms with E-state index in [-0.39, 0.29) is 17.6 Å². The Balaban J connectivity index is 1.90. The molecule has 6 heteroatoms. The number of halogens is 1. The number of rotatable bonds is 4. The Bertz CT molecular complexity index is 665. The lowest BCUT2D eigenvalue weighted by atomic mass is 9.97. The van der Waals surface area contributed by atoms with Gasteiger partial charge in [0.25, 0.3) is 0 Å². The molecule has 116 valence electrons. The van der Waals surface area contributed by atoms with Gasteiger partial charge in [-0.25, -0.2) is 4.39 Å². The van der Waals surface area contributed by atoms with Crippen molar-refractivity contribution >= 4 is 5.91 Å². The molecule has 0 radical (unpaired) electrons. The van der Waals surface area contributed by atoms with E-state index in [0.717, 1.165) is 31.4 Å². The molecule has 2 heterocycles. The number of nitrogens with zero attached hydrogens (tertiary/aromatic N) is 3. The van der Waals surface area contributed by atoms with Crippen molar-refractivity contribution in [2.24, 2.45) is 0 Å². The van der Waals surface area contributed by atoms with E-state index in [9.17, 15) is 9.18 Å². The number of fused-ring (bicyclic) bond motifs is 1. The summed E-state index contributed by atoms with van der Waals surface area (Å²) in [6.45, 7) is 3.48. The summed E-state index contributed by atoms with van der Waals surface area (Å²) in [5.74, 6) is 0.893. The van der Waals surface area contributed by atoms with E-state index < -0.39 is 0 Å². The van der Waals surface area contributed by atoms with Crippen LogP contribution in [0, 0.1) is 5.82 Å². The zero-order valence-corrected chi connectivity index (χ0v) is 12.6. The van der Waals surface area contributed by atoms with Gasteiger partial charge in [0.15, 0.2) is 5.82 Å². The number of carbonyl (C=O) groups is 1. The number of nitrogens with one attached hydrogen (secondary N) is 1. The number of benzene rings is 1. The summed E-state index contributed by atoms with van der Waals surface area (Å²) in [7, 11) is 0. The SMILES string of the molecule is CCCNC(=O)C1CCCn2c(-c3ccc(F)cc3)nnc21. The van der Waals surface area contributed by atoms with Crippen LogP contribution in [0.5, 0.6) is 0 Å². The third kappa shape index (κ3) is 2.73. The minimum Gasteiger partial charge on any atom is -0.355 e. The summed E-state index contributed by atoms with van der Waals surface area (Å²) in [6.07, 6.45) is 2.60. The van der Waals surface area contributed by atoms with Crippen molar-refractivity contribution in [1.82, 2.24) is 20.1 Å². The van der Waals surface area contributed by atoms with Crippen LogP contribution in [0.2, 0.25) is 0 Å². The van der Waals surface area contributed by atoms with Crippen LogP contribution < -0.4 is 5.32 Å². The monoisotopic (exact) mass is 302 g/mol. The highest BCUT2D eigenvalue weighted by molar-refractivity contribution is 5.83. The summed E-state index contributed by atoms with van der Waals surface area (Å²) >= 11 is 0. The normalized spacial score (nSPS) is 17.1. The first-order valence-electron chi connectivity index (χ1n) is 7.67. The van der Waals surface area contributed by atoms with E-state index >= 15 is 0 Å². The van der Waals surface area contributed by atoms with Crippen LogP contribution in [0.1, 0.15) is 37.9 Å². The van der Waals surface area contributed by atoms with Gasteiger partial charge in [-0.2, -0.15) is 0 Å². The molecule has 3 rings (SSSR count). The lowest BCUT2D eigenvalue weighted by Gasteiger charge is -2.23. The molecular weight excluding hydrogens is 283 g/mol. The van der Waals surface area contributed by atoms with Crippen molar-refractivity contribution in [1.29, 1.82) is 0 Å². The largest absolute Gasteiger partial charge is 0.355 e. The number of amides is 1. The Labute approximate surface area is 128 Å². The first-order valence-corrected chi connectivity index (χ1v) is 7.67. The molecule has 0 saturated carbocycles. The molecule has 0 fully saturated rings. The van der Waals surface area contributed by atoms with Gasteiger partial charge in [0.2, 0.25) is 5.91 Å². The number of hydrogen-bond donors (Lipinski definition) is 1. The first-order chi connectivity index (χ1) is 10.7. The van der Waals surface area contributed by atoms with Gasteiger partial charge >= 0.3 is 0 Å². The van der Waals surface area contributed by atoms with E-state index in [0.29, 0.717) is 18.2 Å². The predicted molar refractivity (Wildman–Crippen MR) is 80.7 cm³/mol. The summed E-state index contributed by atoms with van der Waals surface area (Å²) in [6, 6.07) is 6.19. The van der Waals surface area contributed by atoms with Gasteiger partial charge in [-0.3, -0.25) is 4.79 Å². The fourth-order valence-electron chi connectivity index (χ4n) is 2.81. The average molecular weight is 302 g/mol. The van der Waals surface area contributed by atoms with Crippen LogP contribution in [0.15, 0.2) is 24.3 Å². The maximum absolute atomic E-state index is 13.1. The van der Waals surface area contributed by atoms with Crippen LogP contribution in [0.3, 0.4) is 0 Å². The summed E-state index contributed by atoms with van der Waals surface area (Å²) < 4.78 is 15.0. The fraction of sp³-hybridized carbons (Fsp3) is 0.438. The molecule has 0 spiro atoms. The smallest absolute Gasteiger partial charge is 0.230 e. The molecule has 1 aromatic heterocycles. The molecule has 2 aromatic rings. The topological polar surface area (TPSA) is 59.8 Å². The second-order valence-electron chi connectivity index (χ2n) is 5.53. The summed E-state index contributed by atoms with van der Waals surface area (Å²) in [5, 5.41) is 11.4. The minimum absolute atomic E-state index is 0.0147. The molecule has 5 nitrogen and oxygen atoms in total. The van der Waals surface area contributed by atoms with Crippen molar-refractivity contribution < 1.29 is 9.18 Å². The predicted octanol–water partition coefficient (Wildman–Crippen LogP) is 2.49. The second-order valence-corrected chi connectivity index (χ2v) is 5.53. The van der Waals surface area contributed by atoms with Crippen LogP contribution in [0.25, 0.3) is 11.4 Å². The summed E-state index contributed by atoms with van der Waals surface area (Å²) in [5.41, 5.74) is 0.815. The van der Waals surface area contributed by atoms with Crippen LogP contribution >= 0.6 is 0 Å². The quantitative estimate of drug-likeness (QED) is 0.944. The van der Waals surface area contributed by atoms with Crippen molar-refractivity contribution in [2.45, 2.75) is 38.6 Å². The molecule has 1 aliphatic rings. The van der Waals surface area contributed by atoms with Gasteiger partial charge in [0.1, 0.15) is 11.6 Å². The van der Waals surface area contributed by atoms with Gasteiger partial charge in [0, 0.05) is 18.7 Å². The molecule has 1 aliphatic heterocycles. The molecule has 22 heavy (non-hydrogen) atoms. The minimum atomic E-state index is -0.279. The third-order valence-corrected chi connectivity index (χ3v) is 3.93. The van der Waals surface area contributed by atoms with Crippen LogP contribution in [-0.2, 0) is 11.3 Å². The maximum Gasteiger partial charge on any atom is 0.230 e. The third-order valence-electron chi connectivity index (χ3n) is 3.93. The van der Waals surface area contributed by atoms with Crippen molar-refractivity contribution in [2.75, 3.05) is 6.54 Å². The molecule has 1 unspecified atom stereocenters. The van der Waals surface area contributed by atoms with Crippen molar-refractivity contribution in [3.63, 3.8) is 0 Å². The molecular formula is C16H19FN4O. The highest BCUT2D eigenvalue weighted by atomic mass is 19.1. The Kier molecular flexibility index (Phi) is 4.18. The lowest BCUT2D eigenvalue weighted by Crippen LogP contribution is -2.33. The molecule has 1 atom stereocenters. The van der Waals surface area contributed by atoms with Crippen LogP contribution in [-0.4, -0.2) is 27.2 Å². The fourth-order valence-corrected chi connectivity index (χ4v) is 2.81. The van der Waals surface area contributed by atoms with Crippen molar-refractivity contribution in [3.8, 4) is 11.4 Å². The highest BCUT2D eigenvalue weighted by Gasteiger charge is 2.30. The number of aromatic nitrogens is 3. The number of hydrogen-bond acceptors (Lipinski definition) is 3. The van der Waals surface area contributed by atoms with E-state index in [1.807, 2.05) is 11.5 Å². The first kappa shape index (κ1) is 14.7. The van der Waals surface area contributed by atoms with Gasteiger partial charge in [-0.1, -0.05) is 6.92 Å². The molecule has 0 saturated heterocycles. The lowest BCUT2D eigenvalue weighted by molar-refractivity contribution is -0.123. The maximum atomic E-state index is 13.1. The zero-order chi connectivity index (χ0) is 15.5. The molecule has 1 aromatic carbocycles. The standard InChI is InChI=1S/C16H19FN4O/c1-2-9-18-16(22)13-4-3-10-21-14(19-20-15(13)21)11-5-7-12(17)8-6-11/h5-8,13H,2-4,9-10H2,1H3,(H,18,22). The van der Waals surface area contributed by atoms with E-state index in [2.05, 4.69) is 15.5 Å². The Morgan fingerprint density at radius 1 is 1.36 bits per heavy atom. The van der Waals surface area contributed by atoms with E-state index in [1.165, 1.54) is 12.1 Å². The average Bonchev–Trinajstić information content (AvgIpc) is 2.97. The Morgan fingerprint density at radius 2 is 2.14 bits per heavy atom.